The summed E-state index contributed by atoms with van der Waals surface area (Å²) in [7, 11) is 0. The number of nitriles is 1. The van der Waals surface area contributed by atoms with Crippen molar-refractivity contribution in [3.8, 4) is 11.9 Å². The van der Waals surface area contributed by atoms with Gasteiger partial charge in [-0.15, -0.1) is 0 Å². The van der Waals surface area contributed by atoms with Crippen LogP contribution in [0.4, 0.5) is 20.3 Å². The Morgan fingerprint density at radius 1 is 1.08 bits per heavy atom. The lowest BCUT2D eigenvalue weighted by atomic mass is 9.85. The minimum absolute atomic E-state index is 0.0789. The molecule has 5 rings (SSSR count). The van der Waals surface area contributed by atoms with Crippen LogP contribution in [0.1, 0.15) is 49.0 Å². The first-order valence-electron chi connectivity index (χ1n) is 12.3. The van der Waals surface area contributed by atoms with Crippen molar-refractivity contribution < 1.29 is 18.6 Å². The maximum Gasteiger partial charge on any atom is 0.268 e. The largest absolute Gasteiger partial charge is 0.472 e. The van der Waals surface area contributed by atoms with Crippen molar-refractivity contribution in [2.75, 3.05) is 5.32 Å². The molecule has 0 saturated heterocycles. The zero-order valence-electron chi connectivity index (χ0n) is 20.1. The Labute approximate surface area is 213 Å². The molecule has 1 aliphatic carbocycles. The van der Waals surface area contributed by atoms with Gasteiger partial charge in [-0.25, -0.2) is 13.8 Å². The highest BCUT2D eigenvalue weighted by atomic mass is 19.3. The van der Waals surface area contributed by atoms with Gasteiger partial charge in [-0.2, -0.15) is 10.4 Å². The van der Waals surface area contributed by atoms with Crippen LogP contribution in [0, 0.1) is 17.2 Å². The average molecular weight is 504 g/mol. The van der Waals surface area contributed by atoms with Crippen molar-refractivity contribution in [3.63, 3.8) is 0 Å². The van der Waals surface area contributed by atoms with Crippen molar-refractivity contribution in [2.24, 2.45) is 5.92 Å². The van der Waals surface area contributed by atoms with Gasteiger partial charge in [-0.05, 0) is 42.2 Å². The SMILES string of the molecule is N#CC1CCCCC1n1nc(Nc2ccc(C(O)C(F)F)cc2)c2c(OCc3ccccc3)nccc21. The number of halogens is 2. The summed E-state index contributed by atoms with van der Waals surface area (Å²) in [6.45, 7) is 0.321. The van der Waals surface area contributed by atoms with Gasteiger partial charge >= 0.3 is 0 Å². The number of pyridine rings is 1. The van der Waals surface area contributed by atoms with Crippen LogP contribution >= 0.6 is 0 Å². The van der Waals surface area contributed by atoms with Crippen LogP contribution in [0.25, 0.3) is 10.9 Å². The molecule has 0 radical (unpaired) electrons. The van der Waals surface area contributed by atoms with Crippen LogP contribution < -0.4 is 10.1 Å². The molecule has 3 unspecified atom stereocenters. The maximum absolute atomic E-state index is 12.9. The number of rotatable bonds is 8. The van der Waals surface area contributed by atoms with E-state index in [1.165, 1.54) is 12.1 Å². The minimum atomic E-state index is -2.86. The van der Waals surface area contributed by atoms with E-state index in [2.05, 4.69) is 16.4 Å². The fraction of sp³-hybridized carbons (Fsp3) is 0.321. The molecule has 1 aliphatic rings. The van der Waals surface area contributed by atoms with Gasteiger partial charge in [0.05, 0.1) is 23.5 Å². The van der Waals surface area contributed by atoms with E-state index in [0.29, 0.717) is 29.4 Å². The van der Waals surface area contributed by atoms with Gasteiger partial charge in [0.2, 0.25) is 5.88 Å². The lowest BCUT2D eigenvalue weighted by Crippen LogP contribution is -2.23. The van der Waals surface area contributed by atoms with Crippen LogP contribution in [-0.2, 0) is 6.61 Å². The minimum Gasteiger partial charge on any atom is -0.472 e. The summed E-state index contributed by atoms with van der Waals surface area (Å²) in [5.41, 5.74) is 2.53. The number of fused-ring (bicyclic) bond motifs is 1. The summed E-state index contributed by atoms with van der Waals surface area (Å²) >= 11 is 0. The Hall–Kier alpha value is -4.03. The Kier molecular flexibility index (Phi) is 7.28. The molecule has 3 atom stereocenters. The molecular formula is C28H27F2N5O2. The van der Waals surface area contributed by atoms with Crippen LogP contribution in [0.15, 0.2) is 66.9 Å². The quantitative estimate of drug-likeness (QED) is 0.293. The summed E-state index contributed by atoms with van der Waals surface area (Å²) in [6.07, 6.45) is 0.670. The van der Waals surface area contributed by atoms with Crippen molar-refractivity contribution in [1.82, 2.24) is 14.8 Å². The Bertz CT molecular complexity index is 1390. The number of alkyl halides is 2. The molecule has 37 heavy (non-hydrogen) atoms. The standard InChI is InChI=1S/C28H27F2N5O2/c29-26(30)25(36)19-10-12-21(13-11-19)33-27-24-23(35(34-27)22-9-5-4-8-20(22)16-31)14-15-32-28(24)37-17-18-6-2-1-3-7-18/h1-3,6-7,10-15,20,22,25-26,36H,4-5,8-9,17H2,(H,33,34). The van der Waals surface area contributed by atoms with Gasteiger partial charge < -0.3 is 15.2 Å². The second-order valence-corrected chi connectivity index (χ2v) is 9.19. The number of aliphatic hydroxyl groups is 1. The molecule has 0 spiro atoms. The molecule has 2 aromatic heterocycles. The van der Waals surface area contributed by atoms with Crippen molar-refractivity contribution in [1.29, 1.82) is 5.26 Å². The van der Waals surface area contributed by atoms with E-state index in [1.807, 2.05) is 41.1 Å². The molecule has 0 amide bonds. The number of ether oxygens (including phenoxy) is 1. The summed E-state index contributed by atoms with van der Waals surface area (Å²) in [5, 5.41) is 28.3. The zero-order valence-corrected chi connectivity index (χ0v) is 20.1. The lowest BCUT2D eigenvalue weighted by molar-refractivity contribution is -0.00577. The highest BCUT2D eigenvalue weighted by Crippen LogP contribution is 2.40. The number of aliphatic hydroxyl groups excluding tert-OH is 1. The summed E-state index contributed by atoms with van der Waals surface area (Å²) in [4.78, 5) is 4.48. The van der Waals surface area contributed by atoms with Crippen molar-refractivity contribution >= 4 is 22.4 Å². The Balaban J connectivity index is 1.53. The second-order valence-electron chi connectivity index (χ2n) is 9.19. The number of hydrogen-bond acceptors (Lipinski definition) is 6. The molecule has 2 aromatic carbocycles. The average Bonchev–Trinajstić information content (AvgIpc) is 3.31. The topological polar surface area (TPSA) is 96.0 Å². The predicted molar refractivity (Wildman–Crippen MR) is 136 cm³/mol. The second kappa shape index (κ2) is 10.9. The molecule has 2 heterocycles. The monoisotopic (exact) mass is 503 g/mol. The van der Waals surface area contributed by atoms with E-state index >= 15 is 0 Å². The molecule has 9 heteroatoms. The first kappa shape index (κ1) is 24.7. The lowest BCUT2D eigenvalue weighted by Gasteiger charge is -2.27. The van der Waals surface area contributed by atoms with E-state index in [4.69, 9.17) is 9.84 Å². The number of aromatic nitrogens is 3. The molecular weight excluding hydrogens is 476 g/mol. The van der Waals surface area contributed by atoms with Crippen LogP contribution in [0.3, 0.4) is 0 Å². The molecule has 190 valence electrons. The van der Waals surface area contributed by atoms with E-state index in [9.17, 15) is 19.1 Å². The van der Waals surface area contributed by atoms with Gasteiger partial charge in [-0.1, -0.05) is 55.3 Å². The van der Waals surface area contributed by atoms with Gasteiger partial charge in [-0.3, -0.25) is 4.68 Å². The molecule has 2 N–H and O–H groups in total. The third-order valence-electron chi connectivity index (χ3n) is 6.77. The van der Waals surface area contributed by atoms with Crippen molar-refractivity contribution in [3.05, 3.63) is 78.0 Å². The van der Waals surface area contributed by atoms with Crippen LogP contribution in [0.5, 0.6) is 5.88 Å². The van der Waals surface area contributed by atoms with E-state index in [-0.39, 0.29) is 17.5 Å². The van der Waals surface area contributed by atoms with Crippen molar-refractivity contribution in [2.45, 2.75) is 50.9 Å². The van der Waals surface area contributed by atoms with Gasteiger partial charge in [0.15, 0.2) is 5.82 Å². The first-order valence-corrected chi connectivity index (χ1v) is 12.3. The van der Waals surface area contributed by atoms with Gasteiger partial charge in [0.1, 0.15) is 18.1 Å². The molecule has 1 fully saturated rings. The third kappa shape index (κ3) is 5.25. The van der Waals surface area contributed by atoms with Gasteiger partial charge in [0.25, 0.3) is 6.43 Å². The number of anilines is 2. The molecule has 7 nitrogen and oxygen atoms in total. The predicted octanol–water partition coefficient (Wildman–Crippen LogP) is 6.31. The maximum atomic E-state index is 12.9. The summed E-state index contributed by atoms with van der Waals surface area (Å²) in [6, 6.07) is 20.1. The molecule has 0 aliphatic heterocycles. The third-order valence-corrected chi connectivity index (χ3v) is 6.77. The highest BCUT2D eigenvalue weighted by molar-refractivity contribution is 5.96. The Morgan fingerprint density at radius 3 is 2.57 bits per heavy atom. The Morgan fingerprint density at radius 2 is 1.84 bits per heavy atom. The summed E-state index contributed by atoms with van der Waals surface area (Å²) < 4.78 is 33.8. The molecule has 1 saturated carbocycles. The van der Waals surface area contributed by atoms with E-state index in [1.54, 1.807) is 18.3 Å². The fourth-order valence-corrected chi connectivity index (χ4v) is 4.83. The number of hydrogen-bond donors (Lipinski definition) is 2. The highest BCUT2D eigenvalue weighted by Gasteiger charge is 2.30. The first-order chi connectivity index (χ1) is 18.0. The fourth-order valence-electron chi connectivity index (χ4n) is 4.83. The van der Waals surface area contributed by atoms with Crippen LogP contribution in [-0.4, -0.2) is 26.3 Å². The number of nitrogens with zero attached hydrogens (tertiary/aromatic N) is 4. The molecule has 4 aromatic rings. The molecule has 0 bridgehead atoms. The van der Waals surface area contributed by atoms with Gasteiger partial charge in [0, 0.05) is 11.9 Å². The normalized spacial score (nSPS) is 18.5. The van der Waals surface area contributed by atoms with Crippen LogP contribution in [0.2, 0.25) is 0 Å². The zero-order chi connectivity index (χ0) is 25.8. The number of benzene rings is 2. The summed E-state index contributed by atoms with van der Waals surface area (Å²) in [5.74, 6) is 0.751. The van der Waals surface area contributed by atoms with E-state index < -0.39 is 12.5 Å². The van der Waals surface area contributed by atoms with E-state index in [0.717, 1.165) is 36.8 Å². The smallest absolute Gasteiger partial charge is 0.268 e. The number of nitrogens with one attached hydrogen (secondary N) is 1.